The molecule has 1 amide bonds. The van der Waals surface area contributed by atoms with E-state index in [0.717, 1.165) is 28.9 Å². The number of aryl methyl sites for hydroxylation is 2. The third-order valence-electron chi connectivity index (χ3n) is 2.97. The summed E-state index contributed by atoms with van der Waals surface area (Å²) < 4.78 is 7.90. The summed E-state index contributed by atoms with van der Waals surface area (Å²) in [5.41, 5.74) is 1.44. The molecule has 0 bridgehead atoms. The molecule has 0 saturated heterocycles. The first kappa shape index (κ1) is 14.8. The normalized spacial score (nSPS) is 10.8. The standard InChI is InChI=1S/C14H18BrN3O2/c1-4-5-18-8-11(15)7-13(18)14(19)17(3)9-12-6-10(2)20-16-12/h6-8H,4-5,9H2,1-3H3. The molecule has 20 heavy (non-hydrogen) atoms. The summed E-state index contributed by atoms with van der Waals surface area (Å²) in [4.78, 5) is 14.1. The summed E-state index contributed by atoms with van der Waals surface area (Å²) >= 11 is 3.42. The number of hydrogen-bond donors (Lipinski definition) is 0. The van der Waals surface area contributed by atoms with Crippen LogP contribution in [0, 0.1) is 6.92 Å². The van der Waals surface area contributed by atoms with Gasteiger partial charge in [-0.15, -0.1) is 0 Å². The van der Waals surface area contributed by atoms with Gasteiger partial charge in [0.15, 0.2) is 0 Å². The van der Waals surface area contributed by atoms with Crippen molar-refractivity contribution in [3.05, 3.63) is 40.0 Å². The molecule has 0 radical (unpaired) electrons. The van der Waals surface area contributed by atoms with Gasteiger partial charge in [-0.25, -0.2) is 0 Å². The molecule has 5 nitrogen and oxygen atoms in total. The van der Waals surface area contributed by atoms with Gasteiger partial charge in [0.1, 0.15) is 17.1 Å². The average Bonchev–Trinajstić information content (AvgIpc) is 2.95. The number of aromatic nitrogens is 2. The Morgan fingerprint density at radius 2 is 2.25 bits per heavy atom. The smallest absolute Gasteiger partial charge is 0.270 e. The molecule has 0 aliphatic heterocycles. The molecule has 0 N–H and O–H groups in total. The lowest BCUT2D eigenvalue weighted by atomic mass is 10.3. The van der Waals surface area contributed by atoms with E-state index in [-0.39, 0.29) is 5.91 Å². The maximum Gasteiger partial charge on any atom is 0.270 e. The van der Waals surface area contributed by atoms with Crippen molar-refractivity contribution in [1.82, 2.24) is 14.6 Å². The molecule has 0 fully saturated rings. The molecule has 6 heteroatoms. The monoisotopic (exact) mass is 339 g/mol. The second-order valence-electron chi connectivity index (χ2n) is 4.83. The van der Waals surface area contributed by atoms with Gasteiger partial charge >= 0.3 is 0 Å². The van der Waals surface area contributed by atoms with E-state index >= 15 is 0 Å². The zero-order chi connectivity index (χ0) is 14.7. The first-order valence-electron chi connectivity index (χ1n) is 6.54. The van der Waals surface area contributed by atoms with Gasteiger partial charge in [-0.2, -0.15) is 0 Å². The summed E-state index contributed by atoms with van der Waals surface area (Å²) in [6.45, 7) is 5.18. The molecule has 0 spiro atoms. The van der Waals surface area contributed by atoms with E-state index in [2.05, 4.69) is 28.0 Å². The minimum absolute atomic E-state index is 0.0233. The fraction of sp³-hybridized carbons (Fsp3) is 0.429. The van der Waals surface area contributed by atoms with Crippen molar-refractivity contribution in [3.8, 4) is 0 Å². The van der Waals surface area contributed by atoms with E-state index < -0.39 is 0 Å². The Hall–Kier alpha value is -1.56. The Balaban J connectivity index is 2.13. The van der Waals surface area contributed by atoms with E-state index in [1.54, 1.807) is 11.9 Å². The first-order chi connectivity index (χ1) is 9.51. The van der Waals surface area contributed by atoms with Gasteiger partial charge in [0.25, 0.3) is 5.91 Å². The minimum atomic E-state index is -0.0233. The topological polar surface area (TPSA) is 51.3 Å². The van der Waals surface area contributed by atoms with E-state index in [9.17, 15) is 4.79 Å². The summed E-state index contributed by atoms with van der Waals surface area (Å²) in [5, 5.41) is 3.91. The van der Waals surface area contributed by atoms with E-state index in [1.165, 1.54) is 0 Å². The van der Waals surface area contributed by atoms with Gasteiger partial charge in [-0.05, 0) is 35.3 Å². The van der Waals surface area contributed by atoms with Crippen LogP contribution in [-0.4, -0.2) is 27.6 Å². The zero-order valence-electron chi connectivity index (χ0n) is 11.9. The number of nitrogens with zero attached hydrogens (tertiary/aromatic N) is 3. The summed E-state index contributed by atoms with van der Waals surface area (Å²) in [7, 11) is 1.77. The molecule has 2 heterocycles. The van der Waals surface area contributed by atoms with Gasteiger partial charge < -0.3 is 14.0 Å². The van der Waals surface area contributed by atoms with E-state index in [0.29, 0.717) is 12.2 Å². The van der Waals surface area contributed by atoms with Gasteiger partial charge in [-0.3, -0.25) is 4.79 Å². The second-order valence-corrected chi connectivity index (χ2v) is 5.74. The molecule has 2 rings (SSSR count). The highest BCUT2D eigenvalue weighted by molar-refractivity contribution is 9.10. The molecule has 0 atom stereocenters. The van der Waals surface area contributed by atoms with Crippen LogP contribution in [0.15, 0.2) is 27.3 Å². The molecular formula is C14H18BrN3O2. The van der Waals surface area contributed by atoms with Crippen molar-refractivity contribution in [3.63, 3.8) is 0 Å². The number of halogens is 1. The molecule has 0 aliphatic rings. The van der Waals surface area contributed by atoms with Crippen molar-refractivity contribution in [2.75, 3.05) is 7.05 Å². The Labute approximate surface area is 126 Å². The maximum absolute atomic E-state index is 12.5. The van der Waals surface area contributed by atoms with Gasteiger partial charge in [0.2, 0.25) is 0 Å². The largest absolute Gasteiger partial charge is 0.361 e. The molecular weight excluding hydrogens is 322 g/mol. The van der Waals surface area contributed by atoms with Crippen molar-refractivity contribution < 1.29 is 9.32 Å². The second kappa shape index (κ2) is 6.26. The van der Waals surface area contributed by atoms with Gasteiger partial charge in [0, 0.05) is 30.3 Å². The van der Waals surface area contributed by atoms with Crippen LogP contribution >= 0.6 is 15.9 Å². The third kappa shape index (κ3) is 3.30. The van der Waals surface area contributed by atoms with Crippen LogP contribution in [0.5, 0.6) is 0 Å². The van der Waals surface area contributed by atoms with E-state index in [1.807, 2.05) is 29.8 Å². The molecule has 0 saturated carbocycles. The molecule has 2 aromatic heterocycles. The van der Waals surface area contributed by atoms with E-state index in [4.69, 9.17) is 4.52 Å². The van der Waals surface area contributed by atoms with Crippen molar-refractivity contribution in [1.29, 1.82) is 0 Å². The van der Waals surface area contributed by atoms with Crippen LogP contribution in [0.2, 0.25) is 0 Å². The highest BCUT2D eigenvalue weighted by Crippen LogP contribution is 2.17. The molecule has 0 aliphatic carbocycles. The highest BCUT2D eigenvalue weighted by atomic mass is 79.9. The molecule has 2 aromatic rings. The van der Waals surface area contributed by atoms with Crippen LogP contribution in [0.25, 0.3) is 0 Å². The third-order valence-corrected chi connectivity index (χ3v) is 3.40. The van der Waals surface area contributed by atoms with Crippen molar-refractivity contribution in [2.24, 2.45) is 0 Å². The molecule has 108 valence electrons. The Morgan fingerprint density at radius 1 is 1.50 bits per heavy atom. The van der Waals surface area contributed by atoms with Crippen LogP contribution in [-0.2, 0) is 13.1 Å². The lowest BCUT2D eigenvalue weighted by Crippen LogP contribution is -2.28. The quantitative estimate of drug-likeness (QED) is 0.840. The number of hydrogen-bond acceptors (Lipinski definition) is 3. The predicted molar refractivity (Wildman–Crippen MR) is 79.5 cm³/mol. The number of rotatable bonds is 5. The SMILES string of the molecule is CCCn1cc(Br)cc1C(=O)N(C)Cc1cc(C)on1. The van der Waals surface area contributed by atoms with Gasteiger partial charge in [0.05, 0.1) is 6.54 Å². The van der Waals surface area contributed by atoms with Crippen LogP contribution in [0.1, 0.15) is 35.3 Å². The fourth-order valence-corrected chi connectivity index (χ4v) is 2.55. The number of amides is 1. The Morgan fingerprint density at radius 3 is 2.85 bits per heavy atom. The van der Waals surface area contributed by atoms with Crippen LogP contribution < -0.4 is 0 Å². The summed E-state index contributed by atoms with van der Waals surface area (Å²) in [6.07, 6.45) is 2.92. The maximum atomic E-state index is 12.5. The van der Waals surface area contributed by atoms with Crippen molar-refractivity contribution in [2.45, 2.75) is 33.4 Å². The van der Waals surface area contributed by atoms with Gasteiger partial charge in [-0.1, -0.05) is 12.1 Å². The Bertz CT molecular complexity index is 603. The molecule has 0 unspecified atom stereocenters. The predicted octanol–water partition coefficient (Wildman–Crippen LogP) is 3.23. The molecule has 0 aromatic carbocycles. The average molecular weight is 340 g/mol. The summed E-state index contributed by atoms with van der Waals surface area (Å²) in [5.74, 6) is 0.725. The number of carbonyl (C=O) groups excluding carboxylic acids is 1. The summed E-state index contributed by atoms with van der Waals surface area (Å²) in [6, 6.07) is 3.69. The lowest BCUT2D eigenvalue weighted by molar-refractivity contribution is 0.0771. The zero-order valence-corrected chi connectivity index (χ0v) is 13.5. The highest BCUT2D eigenvalue weighted by Gasteiger charge is 2.18. The van der Waals surface area contributed by atoms with Crippen molar-refractivity contribution >= 4 is 21.8 Å². The fourth-order valence-electron chi connectivity index (χ4n) is 2.08. The first-order valence-corrected chi connectivity index (χ1v) is 7.34. The van der Waals surface area contributed by atoms with Crippen LogP contribution in [0.3, 0.4) is 0 Å². The Kier molecular flexibility index (Phi) is 4.65. The minimum Gasteiger partial charge on any atom is -0.361 e. The lowest BCUT2D eigenvalue weighted by Gasteiger charge is -2.16. The number of carbonyl (C=O) groups is 1. The van der Waals surface area contributed by atoms with Crippen LogP contribution in [0.4, 0.5) is 0 Å².